The first-order valence-corrected chi connectivity index (χ1v) is 8.54. The van der Waals surface area contributed by atoms with E-state index in [0.717, 1.165) is 31.5 Å². The van der Waals surface area contributed by atoms with Crippen molar-refractivity contribution in [2.24, 2.45) is 10.9 Å². The third-order valence-corrected chi connectivity index (χ3v) is 3.83. The predicted octanol–water partition coefficient (Wildman–Crippen LogP) is 2.46. The van der Waals surface area contributed by atoms with Crippen molar-refractivity contribution in [3.8, 4) is 0 Å². The van der Waals surface area contributed by atoms with Crippen molar-refractivity contribution in [1.82, 2.24) is 15.5 Å². The number of nitrogens with zero attached hydrogens (tertiary/aromatic N) is 2. The molecule has 0 aromatic carbocycles. The van der Waals surface area contributed by atoms with Gasteiger partial charge in [0.1, 0.15) is 0 Å². The Morgan fingerprint density at radius 2 is 2.00 bits per heavy atom. The van der Waals surface area contributed by atoms with E-state index in [9.17, 15) is 0 Å². The molecule has 0 aromatic rings. The molecule has 20 heavy (non-hydrogen) atoms. The fraction of sp³-hybridized carbons (Fsp3) is 0.938. The summed E-state index contributed by atoms with van der Waals surface area (Å²) in [5.74, 6) is 1.74. The quantitative estimate of drug-likeness (QED) is 0.388. The maximum Gasteiger partial charge on any atom is 0.191 e. The summed E-state index contributed by atoms with van der Waals surface area (Å²) in [6.07, 6.45) is 6.36. The van der Waals surface area contributed by atoms with Crippen molar-refractivity contribution in [2.75, 3.05) is 39.3 Å². The molecular formula is C16H34N4. The van der Waals surface area contributed by atoms with Crippen LogP contribution in [0.25, 0.3) is 0 Å². The van der Waals surface area contributed by atoms with Gasteiger partial charge in [0.25, 0.3) is 0 Å². The number of hydrogen-bond donors (Lipinski definition) is 2. The first-order chi connectivity index (χ1) is 9.80. The third kappa shape index (κ3) is 7.13. The number of unbranched alkanes of at least 4 members (excludes halogenated alkanes) is 2. The Balaban J connectivity index is 2.27. The van der Waals surface area contributed by atoms with Crippen molar-refractivity contribution < 1.29 is 0 Å². The molecule has 0 radical (unpaired) electrons. The molecule has 1 unspecified atom stereocenters. The fourth-order valence-corrected chi connectivity index (χ4v) is 2.73. The number of guanidine groups is 1. The first kappa shape index (κ1) is 17.3. The van der Waals surface area contributed by atoms with Crippen LogP contribution in [0.2, 0.25) is 0 Å². The minimum atomic E-state index is 0.743. The fourth-order valence-electron chi connectivity index (χ4n) is 2.73. The van der Waals surface area contributed by atoms with Crippen molar-refractivity contribution in [3.05, 3.63) is 0 Å². The van der Waals surface area contributed by atoms with Gasteiger partial charge in [-0.25, -0.2) is 0 Å². The van der Waals surface area contributed by atoms with Crippen molar-refractivity contribution >= 4 is 5.96 Å². The van der Waals surface area contributed by atoms with Gasteiger partial charge in [-0.15, -0.1) is 0 Å². The smallest absolute Gasteiger partial charge is 0.191 e. The molecule has 0 spiro atoms. The Kier molecular flexibility index (Phi) is 9.46. The van der Waals surface area contributed by atoms with E-state index < -0.39 is 0 Å². The summed E-state index contributed by atoms with van der Waals surface area (Å²) < 4.78 is 0. The molecule has 0 aliphatic carbocycles. The molecule has 4 nitrogen and oxygen atoms in total. The van der Waals surface area contributed by atoms with E-state index in [1.165, 1.54) is 51.7 Å². The van der Waals surface area contributed by atoms with Crippen LogP contribution in [0.1, 0.15) is 52.9 Å². The third-order valence-electron chi connectivity index (χ3n) is 3.83. The summed E-state index contributed by atoms with van der Waals surface area (Å²) in [5, 5.41) is 6.79. The van der Waals surface area contributed by atoms with E-state index in [2.05, 4.69) is 36.3 Å². The number of hydrogen-bond acceptors (Lipinski definition) is 2. The van der Waals surface area contributed by atoms with E-state index in [1.807, 2.05) is 0 Å². The van der Waals surface area contributed by atoms with Crippen LogP contribution in [-0.4, -0.2) is 50.1 Å². The van der Waals surface area contributed by atoms with Crippen LogP contribution in [0.3, 0.4) is 0 Å². The van der Waals surface area contributed by atoms with E-state index in [-0.39, 0.29) is 0 Å². The van der Waals surface area contributed by atoms with Gasteiger partial charge in [-0.1, -0.05) is 26.7 Å². The highest BCUT2D eigenvalue weighted by atomic mass is 15.2. The van der Waals surface area contributed by atoms with Gasteiger partial charge < -0.3 is 15.5 Å². The summed E-state index contributed by atoms with van der Waals surface area (Å²) >= 11 is 0. The molecule has 4 heteroatoms. The van der Waals surface area contributed by atoms with Crippen LogP contribution >= 0.6 is 0 Å². The van der Waals surface area contributed by atoms with Gasteiger partial charge in [0.15, 0.2) is 5.96 Å². The molecule has 0 saturated carbocycles. The van der Waals surface area contributed by atoms with E-state index in [4.69, 9.17) is 4.99 Å². The second-order valence-corrected chi connectivity index (χ2v) is 5.81. The summed E-state index contributed by atoms with van der Waals surface area (Å²) in [7, 11) is 0. The monoisotopic (exact) mass is 282 g/mol. The first-order valence-electron chi connectivity index (χ1n) is 8.54. The minimum absolute atomic E-state index is 0.743. The second kappa shape index (κ2) is 11.0. The molecule has 1 rings (SSSR count). The topological polar surface area (TPSA) is 39.7 Å². The molecule has 0 bridgehead atoms. The van der Waals surface area contributed by atoms with Crippen LogP contribution in [0, 0.1) is 5.92 Å². The van der Waals surface area contributed by atoms with Crippen LogP contribution < -0.4 is 10.6 Å². The molecule has 1 fully saturated rings. The molecule has 1 atom stereocenters. The van der Waals surface area contributed by atoms with E-state index in [0.29, 0.717) is 0 Å². The Morgan fingerprint density at radius 3 is 2.70 bits per heavy atom. The van der Waals surface area contributed by atoms with Crippen LogP contribution in [-0.2, 0) is 0 Å². The Bertz CT molecular complexity index is 265. The minimum Gasteiger partial charge on any atom is -0.357 e. The number of nitrogens with one attached hydrogen (secondary N) is 2. The zero-order chi connectivity index (χ0) is 14.6. The summed E-state index contributed by atoms with van der Waals surface area (Å²) in [6, 6.07) is 0. The highest BCUT2D eigenvalue weighted by Crippen LogP contribution is 2.16. The van der Waals surface area contributed by atoms with Crippen molar-refractivity contribution in [1.29, 1.82) is 0 Å². The molecule has 1 heterocycles. The van der Waals surface area contributed by atoms with E-state index in [1.54, 1.807) is 0 Å². The van der Waals surface area contributed by atoms with Gasteiger partial charge in [0, 0.05) is 26.2 Å². The van der Waals surface area contributed by atoms with Crippen LogP contribution in [0.4, 0.5) is 0 Å². The van der Waals surface area contributed by atoms with Crippen LogP contribution in [0.15, 0.2) is 4.99 Å². The second-order valence-electron chi connectivity index (χ2n) is 5.81. The molecule has 1 saturated heterocycles. The van der Waals surface area contributed by atoms with Gasteiger partial charge in [0.05, 0.1) is 0 Å². The highest BCUT2D eigenvalue weighted by Gasteiger charge is 2.21. The van der Waals surface area contributed by atoms with Gasteiger partial charge in [0.2, 0.25) is 0 Å². The lowest BCUT2D eigenvalue weighted by atomic mass is 10.1. The average molecular weight is 282 g/mol. The molecular weight excluding hydrogens is 248 g/mol. The Morgan fingerprint density at radius 1 is 1.15 bits per heavy atom. The van der Waals surface area contributed by atoms with E-state index >= 15 is 0 Å². The number of rotatable bonds is 9. The van der Waals surface area contributed by atoms with Gasteiger partial charge in [-0.2, -0.15) is 0 Å². The normalized spacial score (nSPS) is 20.4. The maximum atomic E-state index is 4.76. The molecule has 0 aromatic heterocycles. The van der Waals surface area contributed by atoms with Gasteiger partial charge in [-0.3, -0.25) is 4.99 Å². The standard InChI is InChI=1S/C16H34N4/c1-4-7-8-10-18-16(17-6-3)19-13-15-9-12-20(14-15)11-5-2/h15H,4-14H2,1-3H3,(H2,17,18,19). The molecule has 2 N–H and O–H groups in total. The Hall–Kier alpha value is -0.770. The predicted molar refractivity (Wildman–Crippen MR) is 88.3 cm³/mol. The summed E-state index contributed by atoms with van der Waals surface area (Å²) in [4.78, 5) is 7.33. The van der Waals surface area contributed by atoms with Gasteiger partial charge >= 0.3 is 0 Å². The van der Waals surface area contributed by atoms with Gasteiger partial charge in [-0.05, 0) is 45.2 Å². The SMILES string of the molecule is CCCCCNC(=NCC1CCN(CCC)C1)NCC. The maximum absolute atomic E-state index is 4.76. The zero-order valence-corrected chi connectivity index (χ0v) is 13.7. The molecule has 118 valence electrons. The number of aliphatic imine (C=N–C) groups is 1. The highest BCUT2D eigenvalue weighted by molar-refractivity contribution is 5.79. The van der Waals surface area contributed by atoms with Crippen molar-refractivity contribution in [3.63, 3.8) is 0 Å². The molecule has 1 aliphatic rings. The summed E-state index contributed by atoms with van der Waals surface area (Å²) in [6.45, 7) is 13.3. The molecule has 0 amide bonds. The Labute approximate surface area is 125 Å². The van der Waals surface area contributed by atoms with Crippen LogP contribution in [0.5, 0.6) is 0 Å². The lowest BCUT2D eigenvalue weighted by Gasteiger charge is -2.15. The van der Waals surface area contributed by atoms with Crippen molar-refractivity contribution in [2.45, 2.75) is 52.9 Å². The largest absolute Gasteiger partial charge is 0.357 e. The number of likely N-dealkylation sites (tertiary alicyclic amines) is 1. The molecule has 1 aliphatic heterocycles. The lowest BCUT2D eigenvalue weighted by molar-refractivity contribution is 0.326. The average Bonchev–Trinajstić information content (AvgIpc) is 2.89. The summed E-state index contributed by atoms with van der Waals surface area (Å²) in [5.41, 5.74) is 0. The lowest BCUT2D eigenvalue weighted by Crippen LogP contribution is -2.38. The zero-order valence-electron chi connectivity index (χ0n) is 13.7.